The number of nitrogens with two attached hydrogens (primary N) is 1. The van der Waals surface area contributed by atoms with Crippen LogP contribution < -0.4 is 10.6 Å². The fraction of sp³-hybridized carbons (Fsp3) is 0.538. The second-order valence-electron chi connectivity index (χ2n) is 4.60. The molecule has 0 aromatic heterocycles. The highest BCUT2D eigenvalue weighted by molar-refractivity contribution is 6.33. The van der Waals surface area contributed by atoms with Crippen LogP contribution in [0.1, 0.15) is 18.5 Å². The third-order valence-electron chi connectivity index (χ3n) is 3.25. The van der Waals surface area contributed by atoms with Crippen LogP contribution in [0.3, 0.4) is 0 Å². The number of anilines is 1. The number of hydrogen-bond donors (Lipinski definition) is 2. The fourth-order valence-corrected chi connectivity index (χ4v) is 2.46. The van der Waals surface area contributed by atoms with Gasteiger partial charge in [0.05, 0.1) is 36.6 Å². The Morgan fingerprint density at radius 1 is 1.61 bits per heavy atom. The van der Waals surface area contributed by atoms with E-state index in [9.17, 15) is 5.11 Å². The maximum Gasteiger partial charge on any atom is 0.0756 e. The molecule has 1 aromatic rings. The van der Waals surface area contributed by atoms with Gasteiger partial charge >= 0.3 is 0 Å². The summed E-state index contributed by atoms with van der Waals surface area (Å²) in [5, 5.41) is 10.0. The van der Waals surface area contributed by atoms with Crippen molar-refractivity contribution in [2.24, 2.45) is 5.73 Å². The van der Waals surface area contributed by atoms with E-state index in [4.69, 9.17) is 22.1 Å². The van der Waals surface area contributed by atoms with E-state index >= 15 is 0 Å². The van der Waals surface area contributed by atoms with Gasteiger partial charge in [0.1, 0.15) is 0 Å². The molecule has 1 saturated heterocycles. The molecule has 0 saturated carbocycles. The summed E-state index contributed by atoms with van der Waals surface area (Å²) in [4.78, 5) is 2.09. The summed E-state index contributed by atoms with van der Waals surface area (Å²) in [6, 6.07) is 5.78. The topological polar surface area (TPSA) is 58.7 Å². The Morgan fingerprint density at radius 3 is 3.00 bits per heavy atom. The minimum absolute atomic E-state index is 0.0302. The van der Waals surface area contributed by atoms with Crippen LogP contribution in [0.15, 0.2) is 18.2 Å². The Bertz CT molecular complexity index is 412. The summed E-state index contributed by atoms with van der Waals surface area (Å²) in [5.41, 5.74) is 7.78. The van der Waals surface area contributed by atoms with Gasteiger partial charge < -0.3 is 20.5 Å². The summed E-state index contributed by atoms with van der Waals surface area (Å²) >= 11 is 6.31. The molecule has 3 N–H and O–H groups in total. The Kier molecular flexibility index (Phi) is 4.45. The molecule has 0 bridgehead atoms. The van der Waals surface area contributed by atoms with Crippen LogP contribution in [-0.2, 0) is 4.74 Å². The minimum atomic E-state index is -0.0325. The number of aliphatic hydroxyl groups is 1. The summed E-state index contributed by atoms with van der Waals surface area (Å²) in [6.07, 6.45) is 0. The summed E-state index contributed by atoms with van der Waals surface area (Å²) in [6.45, 7) is 3.91. The van der Waals surface area contributed by atoms with Crippen molar-refractivity contribution >= 4 is 17.3 Å². The number of hydrogen-bond acceptors (Lipinski definition) is 4. The first kappa shape index (κ1) is 13.6. The van der Waals surface area contributed by atoms with Crippen LogP contribution in [-0.4, -0.2) is 37.5 Å². The Balaban J connectivity index is 2.26. The molecule has 1 aromatic carbocycles. The van der Waals surface area contributed by atoms with Crippen LogP contribution in [0.2, 0.25) is 5.02 Å². The van der Waals surface area contributed by atoms with Crippen molar-refractivity contribution in [2.45, 2.75) is 19.0 Å². The van der Waals surface area contributed by atoms with E-state index < -0.39 is 0 Å². The van der Waals surface area contributed by atoms with Crippen LogP contribution in [0.25, 0.3) is 0 Å². The molecule has 0 spiro atoms. The highest BCUT2D eigenvalue weighted by Crippen LogP contribution is 2.30. The van der Waals surface area contributed by atoms with Crippen LogP contribution >= 0.6 is 11.6 Å². The lowest BCUT2D eigenvalue weighted by molar-refractivity contribution is 0.0727. The number of ether oxygens (including phenoxy) is 1. The number of nitrogens with zero attached hydrogens (tertiary/aromatic N) is 1. The number of aliphatic hydroxyl groups excluding tert-OH is 1. The van der Waals surface area contributed by atoms with Gasteiger partial charge in [-0.15, -0.1) is 0 Å². The zero-order chi connectivity index (χ0) is 13.1. The molecule has 1 aliphatic heterocycles. The fourth-order valence-electron chi connectivity index (χ4n) is 2.16. The third-order valence-corrected chi connectivity index (χ3v) is 3.55. The molecule has 0 radical (unpaired) electrons. The summed E-state index contributed by atoms with van der Waals surface area (Å²) < 4.78 is 5.36. The van der Waals surface area contributed by atoms with Gasteiger partial charge in [0.2, 0.25) is 0 Å². The average molecular weight is 271 g/mol. The van der Waals surface area contributed by atoms with Crippen LogP contribution in [0.5, 0.6) is 0 Å². The lowest BCUT2D eigenvalue weighted by Gasteiger charge is -2.37. The van der Waals surface area contributed by atoms with E-state index in [1.54, 1.807) is 0 Å². The molecule has 1 heterocycles. The second kappa shape index (κ2) is 5.89. The molecule has 1 unspecified atom stereocenters. The molecule has 2 atom stereocenters. The molecule has 0 amide bonds. The van der Waals surface area contributed by atoms with Crippen molar-refractivity contribution in [1.82, 2.24) is 0 Å². The number of morpholine rings is 1. The second-order valence-corrected chi connectivity index (χ2v) is 5.01. The average Bonchev–Trinajstić information content (AvgIpc) is 2.38. The number of rotatable bonds is 3. The zero-order valence-electron chi connectivity index (χ0n) is 10.5. The Labute approximate surface area is 112 Å². The van der Waals surface area contributed by atoms with E-state index in [0.717, 1.165) is 17.8 Å². The molecular formula is C13H19ClN2O2. The van der Waals surface area contributed by atoms with Crippen molar-refractivity contribution in [1.29, 1.82) is 0 Å². The van der Waals surface area contributed by atoms with Gasteiger partial charge in [-0.3, -0.25) is 0 Å². The summed E-state index contributed by atoms with van der Waals surface area (Å²) in [5.74, 6) is 0. The van der Waals surface area contributed by atoms with Gasteiger partial charge in [-0.25, -0.2) is 0 Å². The van der Waals surface area contributed by atoms with E-state index in [2.05, 4.69) is 4.90 Å². The van der Waals surface area contributed by atoms with Gasteiger partial charge in [0.15, 0.2) is 0 Å². The van der Waals surface area contributed by atoms with Crippen molar-refractivity contribution in [3.63, 3.8) is 0 Å². The third kappa shape index (κ3) is 2.78. The standard InChI is InChI=1S/C13H19ClN2O2/c1-9(15)10-2-3-13(12(14)6-10)16-4-5-18-8-11(16)7-17/h2-3,6,9,11,17H,4-5,7-8,15H2,1H3/t9-,11?/m0/s1. The maximum absolute atomic E-state index is 9.37. The van der Waals surface area contributed by atoms with Crippen molar-refractivity contribution < 1.29 is 9.84 Å². The first-order valence-electron chi connectivity index (χ1n) is 6.13. The van der Waals surface area contributed by atoms with Crippen LogP contribution in [0.4, 0.5) is 5.69 Å². The molecule has 1 aliphatic rings. The quantitative estimate of drug-likeness (QED) is 0.875. The smallest absolute Gasteiger partial charge is 0.0756 e. The number of halogens is 1. The molecule has 2 rings (SSSR count). The molecule has 4 nitrogen and oxygen atoms in total. The number of benzene rings is 1. The highest BCUT2D eigenvalue weighted by Gasteiger charge is 2.24. The first-order chi connectivity index (χ1) is 8.63. The van der Waals surface area contributed by atoms with E-state index in [1.807, 2.05) is 25.1 Å². The van der Waals surface area contributed by atoms with E-state index in [1.165, 1.54) is 0 Å². The predicted molar refractivity (Wildman–Crippen MR) is 73.1 cm³/mol. The minimum Gasteiger partial charge on any atom is -0.394 e. The molecule has 18 heavy (non-hydrogen) atoms. The van der Waals surface area contributed by atoms with Crippen molar-refractivity contribution in [3.05, 3.63) is 28.8 Å². The molecule has 100 valence electrons. The largest absolute Gasteiger partial charge is 0.394 e. The summed E-state index contributed by atoms with van der Waals surface area (Å²) in [7, 11) is 0. The highest BCUT2D eigenvalue weighted by atomic mass is 35.5. The zero-order valence-corrected chi connectivity index (χ0v) is 11.2. The Morgan fingerprint density at radius 2 is 2.39 bits per heavy atom. The van der Waals surface area contributed by atoms with Gasteiger partial charge in [-0.1, -0.05) is 17.7 Å². The monoisotopic (exact) mass is 270 g/mol. The lowest BCUT2D eigenvalue weighted by Crippen LogP contribution is -2.47. The van der Waals surface area contributed by atoms with E-state index in [-0.39, 0.29) is 18.7 Å². The van der Waals surface area contributed by atoms with Gasteiger partial charge in [0, 0.05) is 12.6 Å². The molecule has 1 fully saturated rings. The normalized spacial score (nSPS) is 22.0. The van der Waals surface area contributed by atoms with Gasteiger partial charge in [0.25, 0.3) is 0 Å². The molecule has 0 aliphatic carbocycles. The van der Waals surface area contributed by atoms with Crippen LogP contribution in [0, 0.1) is 0 Å². The SMILES string of the molecule is C[C@H](N)c1ccc(N2CCOCC2CO)c(Cl)c1. The Hall–Kier alpha value is -0.810. The predicted octanol–water partition coefficient (Wildman–Crippen LogP) is 1.56. The first-order valence-corrected chi connectivity index (χ1v) is 6.51. The van der Waals surface area contributed by atoms with Crippen molar-refractivity contribution in [3.8, 4) is 0 Å². The lowest BCUT2D eigenvalue weighted by atomic mass is 10.1. The van der Waals surface area contributed by atoms with E-state index in [0.29, 0.717) is 18.2 Å². The van der Waals surface area contributed by atoms with Crippen molar-refractivity contribution in [2.75, 3.05) is 31.3 Å². The van der Waals surface area contributed by atoms with Gasteiger partial charge in [-0.2, -0.15) is 0 Å². The van der Waals surface area contributed by atoms with Gasteiger partial charge in [-0.05, 0) is 24.6 Å². The molecule has 5 heteroatoms. The maximum atomic E-state index is 9.37. The molecular weight excluding hydrogens is 252 g/mol.